The van der Waals surface area contributed by atoms with E-state index >= 15 is 0 Å². The minimum Gasteiger partial charge on any atom is -0.479 e. The second-order valence-electron chi connectivity index (χ2n) is 6.96. The van der Waals surface area contributed by atoms with Crippen molar-refractivity contribution >= 4 is 34.9 Å². The predicted molar refractivity (Wildman–Crippen MR) is 109 cm³/mol. The molecule has 3 aromatic rings. The number of aromatic nitrogens is 4. The Bertz CT molecular complexity index is 1140. The number of aliphatic carboxylic acids is 1. The quantitative estimate of drug-likeness (QED) is 0.460. The van der Waals surface area contributed by atoms with E-state index in [1.807, 2.05) is 0 Å². The topological polar surface area (TPSA) is 143 Å². The molecule has 1 aliphatic heterocycles. The molecule has 1 saturated heterocycles. The number of nitrogens with zero attached hydrogens (tertiary/aromatic N) is 5. The number of anilines is 1. The molecule has 1 aromatic carbocycles. The van der Waals surface area contributed by atoms with E-state index in [1.54, 1.807) is 10.9 Å². The molecule has 2 N–H and O–H groups in total. The fourth-order valence-electron chi connectivity index (χ4n) is 2.98. The van der Waals surface area contributed by atoms with Gasteiger partial charge in [0.15, 0.2) is 18.0 Å². The van der Waals surface area contributed by atoms with Crippen molar-refractivity contribution in [3.63, 3.8) is 0 Å². The molecule has 3 heterocycles. The van der Waals surface area contributed by atoms with Gasteiger partial charge in [-0.2, -0.15) is 0 Å². The van der Waals surface area contributed by atoms with Crippen LogP contribution in [0.5, 0.6) is 0 Å². The van der Waals surface area contributed by atoms with E-state index < -0.39 is 41.9 Å². The van der Waals surface area contributed by atoms with Crippen LogP contribution in [-0.2, 0) is 25.5 Å². The smallest absolute Gasteiger partial charge is 0.336 e. The Labute approximate surface area is 184 Å². The summed E-state index contributed by atoms with van der Waals surface area (Å²) >= 11 is 1.34. The van der Waals surface area contributed by atoms with Crippen molar-refractivity contribution in [2.45, 2.75) is 24.7 Å². The molecule has 0 spiro atoms. The predicted octanol–water partition coefficient (Wildman–Crippen LogP) is 0.405. The third kappa shape index (κ3) is 4.63. The van der Waals surface area contributed by atoms with E-state index in [2.05, 4.69) is 20.6 Å². The lowest BCUT2D eigenvalue weighted by atomic mass is 10.1. The van der Waals surface area contributed by atoms with Gasteiger partial charge in [-0.3, -0.25) is 14.5 Å². The summed E-state index contributed by atoms with van der Waals surface area (Å²) in [7, 11) is 1.47. The van der Waals surface area contributed by atoms with Gasteiger partial charge in [-0.05, 0) is 24.3 Å². The van der Waals surface area contributed by atoms with E-state index in [1.165, 1.54) is 58.4 Å². The van der Waals surface area contributed by atoms with E-state index in [0.29, 0.717) is 11.4 Å². The average molecular weight is 460 g/mol. The van der Waals surface area contributed by atoms with Crippen LogP contribution >= 0.6 is 11.3 Å². The number of nitrogens with one attached hydrogen (secondary N) is 1. The lowest BCUT2D eigenvalue weighted by Crippen LogP contribution is -2.50. The molecule has 0 aliphatic carbocycles. The Hall–Kier alpha value is -3.71. The highest BCUT2D eigenvalue weighted by Gasteiger charge is 2.51. The normalized spacial score (nSPS) is 18.1. The Morgan fingerprint density at radius 1 is 1.31 bits per heavy atom. The average Bonchev–Trinajstić information content (AvgIpc) is 3.16. The zero-order chi connectivity index (χ0) is 22.8. The Morgan fingerprint density at radius 3 is 2.69 bits per heavy atom. The second-order valence-corrected chi connectivity index (χ2v) is 7.67. The monoisotopic (exact) mass is 460 g/mol. The molecular weight excluding hydrogens is 443 g/mol. The summed E-state index contributed by atoms with van der Waals surface area (Å²) < 4.78 is 19.4. The van der Waals surface area contributed by atoms with Crippen molar-refractivity contribution in [3.05, 3.63) is 52.9 Å². The molecular formula is C19H17FN6O5S. The molecule has 0 radical (unpaired) electrons. The minimum atomic E-state index is -1.25. The van der Waals surface area contributed by atoms with Crippen molar-refractivity contribution in [1.29, 1.82) is 0 Å². The van der Waals surface area contributed by atoms with Gasteiger partial charge in [-0.1, -0.05) is 5.21 Å². The van der Waals surface area contributed by atoms with Gasteiger partial charge in [0.25, 0.3) is 11.8 Å². The van der Waals surface area contributed by atoms with Crippen LogP contribution in [0.3, 0.4) is 0 Å². The van der Waals surface area contributed by atoms with Crippen molar-refractivity contribution in [3.8, 4) is 5.69 Å². The number of hydrogen-bond donors (Lipinski definition) is 2. The van der Waals surface area contributed by atoms with Crippen LogP contribution < -0.4 is 10.2 Å². The second kappa shape index (κ2) is 8.80. The van der Waals surface area contributed by atoms with Gasteiger partial charge in [-0.25, -0.2) is 18.9 Å². The number of carboxylic acid groups (broad SMARTS) is 1. The highest BCUT2D eigenvalue weighted by molar-refractivity contribution is 7.07. The first-order valence-corrected chi connectivity index (χ1v) is 10.3. The van der Waals surface area contributed by atoms with Gasteiger partial charge < -0.3 is 15.2 Å². The number of epoxide rings is 1. The summed E-state index contributed by atoms with van der Waals surface area (Å²) in [6.07, 6.45) is -0.798. The number of thiazole rings is 1. The molecule has 0 unspecified atom stereocenters. The molecule has 1 fully saturated rings. The molecule has 32 heavy (non-hydrogen) atoms. The number of carboxylic acids is 1. The molecule has 3 atom stereocenters. The number of rotatable bonds is 8. The highest BCUT2D eigenvalue weighted by atomic mass is 32.1. The Kier molecular flexibility index (Phi) is 5.92. The third-order valence-electron chi connectivity index (χ3n) is 4.75. The van der Waals surface area contributed by atoms with Crippen LogP contribution in [-0.4, -0.2) is 68.2 Å². The number of amides is 2. The van der Waals surface area contributed by atoms with Crippen molar-refractivity contribution in [2.24, 2.45) is 0 Å². The summed E-state index contributed by atoms with van der Waals surface area (Å²) in [5.41, 5.74) is 2.73. The number of hydrogen-bond acceptors (Lipinski definition) is 8. The molecule has 2 amide bonds. The van der Waals surface area contributed by atoms with Crippen molar-refractivity contribution in [1.82, 2.24) is 25.3 Å². The maximum absolute atomic E-state index is 13.2. The van der Waals surface area contributed by atoms with Crippen LogP contribution in [0.25, 0.3) is 5.69 Å². The molecule has 11 nitrogen and oxygen atoms in total. The zero-order valence-electron chi connectivity index (χ0n) is 16.6. The number of ether oxygens (including phenoxy) is 1. The van der Waals surface area contributed by atoms with Crippen LogP contribution in [0, 0.1) is 5.82 Å². The van der Waals surface area contributed by atoms with Crippen LogP contribution in [0.15, 0.2) is 41.4 Å². The van der Waals surface area contributed by atoms with E-state index in [-0.39, 0.29) is 12.2 Å². The highest BCUT2D eigenvalue weighted by Crippen LogP contribution is 2.23. The van der Waals surface area contributed by atoms with Crippen molar-refractivity contribution < 1.29 is 28.6 Å². The fraction of sp³-hybridized carbons (Fsp3) is 0.263. The van der Waals surface area contributed by atoms with Crippen LogP contribution in [0.1, 0.15) is 5.69 Å². The molecule has 13 heteroatoms. The first-order valence-electron chi connectivity index (χ1n) is 9.35. The van der Waals surface area contributed by atoms with Gasteiger partial charge in [0.1, 0.15) is 11.9 Å². The van der Waals surface area contributed by atoms with E-state index in [0.717, 1.165) is 0 Å². The lowest BCUT2D eigenvalue weighted by Gasteiger charge is -2.22. The fourth-order valence-corrected chi connectivity index (χ4v) is 3.55. The minimum absolute atomic E-state index is 0.0922. The van der Waals surface area contributed by atoms with Gasteiger partial charge in [0.2, 0.25) is 0 Å². The SMILES string of the molecule is CN(C(=O)[C@H](Cc1cscn1)NC(=O)[C@H]1O[C@@H]1C(=O)O)c1cn(-c2ccc(F)cc2)nn1. The summed E-state index contributed by atoms with van der Waals surface area (Å²) in [5, 5.41) is 21.2. The standard InChI is InChI=1S/C19H17FN6O5S/c1-25(14-7-26(24-23-14)12-4-2-10(20)3-5-12)18(28)13(6-11-8-32-9-21-11)22-17(27)15-16(31-15)19(29)30/h2-5,7-9,13,15-16H,6H2,1H3,(H,22,27)(H,29,30)/t13-,15-,16-/m0/s1. The Balaban J connectivity index is 1.50. The van der Waals surface area contributed by atoms with Gasteiger partial charge in [-0.15, -0.1) is 16.4 Å². The summed E-state index contributed by atoms with van der Waals surface area (Å²) in [5.74, 6) is -2.66. The first kappa shape index (κ1) is 21.5. The molecule has 166 valence electrons. The summed E-state index contributed by atoms with van der Waals surface area (Å²) in [4.78, 5) is 41.9. The number of halogens is 1. The van der Waals surface area contributed by atoms with Gasteiger partial charge in [0, 0.05) is 18.8 Å². The Morgan fingerprint density at radius 2 is 2.06 bits per heavy atom. The maximum atomic E-state index is 13.2. The molecule has 4 rings (SSSR count). The van der Waals surface area contributed by atoms with Crippen LogP contribution in [0.2, 0.25) is 0 Å². The van der Waals surface area contributed by atoms with Gasteiger partial charge in [0.05, 0.1) is 23.1 Å². The summed E-state index contributed by atoms with van der Waals surface area (Å²) in [6, 6.07) is 4.53. The molecule has 1 aliphatic rings. The molecule has 2 aromatic heterocycles. The third-order valence-corrected chi connectivity index (χ3v) is 5.39. The van der Waals surface area contributed by atoms with E-state index in [4.69, 9.17) is 9.84 Å². The summed E-state index contributed by atoms with van der Waals surface area (Å²) in [6.45, 7) is 0. The largest absolute Gasteiger partial charge is 0.479 e. The molecule has 0 bridgehead atoms. The number of likely N-dealkylation sites (N-methyl/N-ethyl adjacent to an activating group) is 1. The molecule has 0 saturated carbocycles. The lowest BCUT2D eigenvalue weighted by molar-refractivity contribution is -0.138. The number of benzene rings is 1. The van der Waals surface area contributed by atoms with Gasteiger partial charge >= 0.3 is 5.97 Å². The van der Waals surface area contributed by atoms with Crippen LogP contribution in [0.4, 0.5) is 10.2 Å². The van der Waals surface area contributed by atoms with E-state index in [9.17, 15) is 18.8 Å². The maximum Gasteiger partial charge on any atom is 0.336 e. The number of carbonyl (C=O) groups is 3. The zero-order valence-corrected chi connectivity index (χ0v) is 17.4. The first-order chi connectivity index (χ1) is 15.3. The number of carbonyl (C=O) groups excluding carboxylic acids is 2. The van der Waals surface area contributed by atoms with Crippen molar-refractivity contribution in [2.75, 3.05) is 11.9 Å².